The van der Waals surface area contributed by atoms with E-state index >= 15 is 0 Å². The molecule has 1 rings (SSSR count). The lowest BCUT2D eigenvalue weighted by molar-refractivity contribution is -0.384. The third kappa shape index (κ3) is 2.57. The van der Waals surface area contributed by atoms with Crippen LogP contribution in [0.15, 0.2) is 24.3 Å². The molecule has 0 spiro atoms. The molecule has 1 aromatic carbocycles. The van der Waals surface area contributed by atoms with Crippen molar-refractivity contribution in [3.8, 4) is 0 Å². The summed E-state index contributed by atoms with van der Waals surface area (Å²) in [5.41, 5.74) is 0.793. The van der Waals surface area contributed by atoms with Gasteiger partial charge in [0.25, 0.3) is 5.69 Å². The second-order valence-electron chi connectivity index (χ2n) is 2.36. The lowest BCUT2D eigenvalue weighted by atomic mass is 10.1. The van der Waals surface area contributed by atoms with Gasteiger partial charge in [0.15, 0.2) is 0 Å². The smallest absolute Gasteiger partial charge is 0.258 e. The van der Waals surface area contributed by atoms with E-state index in [1.807, 2.05) is 0 Å². The number of nitrogens with zero attached hydrogens (tertiary/aromatic N) is 1. The second kappa shape index (κ2) is 4.43. The molecular formula is C8H6BrNO2S. The summed E-state index contributed by atoms with van der Waals surface area (Å²) in [5, 5.41) is 11.0. The molecule has 0 heterocycles. The van der Waals surface area contributed by atoms with Crippen LogP contribution in [0, 0.1) is 10.1 Å². The Balaban J connectivity index is 3.05. The number of nitro groups is 1. The fraction of sp³-hybridized carbons (Fsp3) is 0.125. The summed E-state index contributed by atoms with van der Waals surface area (Å²) in [6, 6.07) is 6.31. The van der Waals surface area contributed by atoms with E-state index in [-0.39, 0.29) is 5.69 Å². The minimum atomic E-state index is -0.430. The monoisotopic (exact) mass is 259 g/mol. The predicted octanol–water partition coefficient (Wildman–Crippen LogP) is 2.71. The molecule has 5 heteroatoms. The van der Waals surface area contributed by atoms with Crippen molar-refractivity contribution in [2.75, 3.05) is 5.33 Å². The molecule has 0 fully saturated rings. The minimum Gasteiger partial charge on any atom is -0.258 e. The van der Waals surface area contributed by atoms with Gasteiger partial charge >= 0.3 is 0 Å². The van der Waals surface area contributed by atoms with Crippen LogP contribution >= 0.6 is 28.1 Å². The fourth-order valence-electron chi connectivity index (χ4n) is 0.870. The molecule has 0 unspecified atom stereocenters. The zero-order chi connectivity index (χ0) is 9.84. The standard InChI is InChI=1S/C8H6BrNO2S/c9-5-8(13)6-2-1-3-7(4-6)10(11)12/h1-4H,5H2. The van der Waals surface area contributed by atoms with Gasteiger partial charge in [0, 0.05) is 22.3 Å². The largest absolute Gasteiger partial charge is 0.270 e. The highest BCUT2D eigenvalue weighted by Crippen LogP contribution is 2.14. The first-order chi connectivity index (χ1) is 6.15. The van der Waals surface area contributed by atoms with Crippen LogP contribution in [0.1, 0.15) is 5.56 Å². The summed E-state index contributed by atoms with van der Waals surface area (Å²) in [6.07, 6.45) is 0. The van der Waals surface area contributed by atoms with Crippen LogP contribution in [0.2, 0.25) is 0 Å². The first-order valence-electron chi connectivity index (χ1n) is 3.49. The summed E-state index contributed by atoms with van der Waals surface area (Å²) < 4.78 is 0. The normalized spacial score (nSPS) is 9.62. The Labute approximate surface area is 89.0 Å². The van der Waals surface area contributed by atoms with Crippen LogP contribution in [0.25, 0.3) is 0 Å². The van der Waals surface area contributed by atoms with E-state index in [9.17, 15) is 10.1 Å². The number of non-ortho nitro benzene ring substituents is 1. The van der Waals surface area contributed by atoms with E-state index in [1.165, 1.54) is 12.1 Å². The molecule has 13 heavy (non-hydrogen) atoms. The van der Waals surface area contributed by atoms with E-state index in [1.54, 1.807) is 12.1 Å². The van der Waals surface area contributed by atoms with E-state index in [4.69, 9.17) is 12.2 Å². The predicted molar refractivity (Wildman–Crippen MR) is 58.6 cm³/mol. The Morgan fingerprint density at radius 3 is 2.85 bits per heavy atom. The quantitative estimate of drug-likeness (QED) is 0.276. The first-order valence-corrected chi connectivity index (χ1v) is 5.01. The molecule has 0 saturated heterocycles. The Morgan fingerprint density at radius 1 is 1.62 bits per heavy atom. The maximum absolute atomic E-state index is 10.4. The van der Waals surface area contributed by atoms with Crippen LogP contribution < -0.4 is 0 Å². The number of rotatable bonds is 3. The molecule has 0 aromatic heterocycles. The van der Waals surface area contributed by atoms with E-state index in [0.29, 0.717) is 10.2 Å². The molecule has 0 N–H and O–H groups in total. The molecule has 0 radical (unpaired) electrons. The number of thiocarbonyl (C=S) groups is 1. The van der Waals surface area contributed by atoms with Gasteiger partial charge in [-0.15, -0.1) is 0 Å². The minimum absolute atomic E-state index is 0.0702. The van der Waals surface area contributed by atoms with Crippen molar-refractivity contribution < 1.29 is 4.92 Å². The number of benzene rings is 1. The molecule has 0 amide bonds. The van der Waals surface area contributed by atoms with Gasteiger partial charge in [0.2, 0.25) is 0 Å². The Morgan fingerprint density at radius 2 is 2.31 bits per heavy atom. The van der Waals surface area contributed by atoms with Crippen LogP contribution in [-0.4, -0.2) is 15.1 Å². The van der Waals surface area contributed by atoms with E-state index in [0.717, 1.165) is 5.56 Å². The summed E-state index contributed by atoms with van der Waals surface area (Å²) >= 11 is 8.20. The van der Waals surface area contributed by atoms with Gasteiger partial charge in [-0.25, -0.2) is 0 Å². The Kier molecular flexibility index (Phi) is 3.50. The Bertz CT molecular complexity index is 354. The SMILES string of the molecule is O=[N+]([O-])c1cccc(C(=S)CBr)c1. The maximum atomic E-state index is 10.4. The van der Waals surface area contributed by atoms with Crippen molar-refractivity contribution in [3.05, 3.63) is 39.9 Å². The average molecular weight is 260 g/mol. The van der Waals surface area contributed by atoms with Crippen molar-refractivity contribution in [3.63, 3.8) is 0 Å². The number of alkyl halides is 1. The van der Waals surface area contributed by atoms with Gasteiger partial charge in [-0.1, -0.05) is 40.3 Å². The van der Waals surface area contributed by atoms with Crippen molar-refractivity contribution >= 4 is 38.7 Å². The summed E-state index contributed by atoms with van der Waals surface area (Å²) in [6.45, 7) is 0. The van der Waals surface area contributed by atoms with Gasteiger partial charge in [-0.2, -0.15) is 0 Å². The summed E-state index contributed by atoms with van der Waals surface area (Å²) in [5.74, 6) is 0. The first kappa shape index (κ1) is 10.3. The third-order valence-corrected chi connectivity index (χ3v) is 2.81. The maximum Gasteiger partial charge on any atom is 0.270 e. The van der Waals surface area contributed by atoms with Crippen LogP contribution in [0.5, 0.6) is 0 Å². The molecular weight excluding hydrogens is 254 g/mol. The average Bonchev–Trinajstić information content (AvgIpc) is 2.17. The molecule has 0 bridgehead atoms. The number of hydrogen-bond donors (Lipinski definition) is 0. The van der Waals surface area contributed by atoms with Gasteiger partial charge < -0.3 is 0 Å². The van der Waals surface area contributed by atoms with Crippen LogP contribution in [0.4, 0.5) is 5.69 Å². The molecule has 0 atom stereocenters. The van der Waals surface area contributed by atoms with Crippen molar-refractivity contribution in [1.82, 2.24) is 0 Å². The van der Waals surface area contributed by atoms with Crippen LogP contribution in [0.3, 0.4) is 0 Å². The number of halogens is 1. The van der Waals surface area contributed by atoms with Crippen molar-refractivity contribution in [2.24, 2.45) is 0 Å². The lowest BCUT2D eigenvalue weighted by Gasteiger charge is -1.98. The number of hydrogen-bond acceptors (Lipinski definition) is 3. The molecule has 0 saturated carbocycles. The second-order valence-corrected chi connectivity index (χ2v) is 3.42. The molecule has 0 aliphatic rings. The van der Waals surface area contributed by atoms with Gasteiger partial charge in [0.05, 0.1) is 4.92 Å². The summed E-state index contributed by atoms with van der Waals surface area (Å²) in [7, 11) is 0. The van der Waals surface area contributed by atoms with Crippen molar-refractivity contribution in [1.29, 1.82) is 0 Å². The Hall–Kier alpha value is -0.810. The van der Waals surface area contributed by atoms with Gasteiger partial charge in [-0.3, -0.25) is 10.1 Å². The molecule has 68 valence electrons. The van der Waals surface area contributed by atoms with Crippen molar-refractivity contribution in [2.45, 2.75) is 0 Å². The number of nitro benzene ring substituents is 1. The van der Waals surface area contributed by atoms with E-state index in [2.05, 4.69) is 15.9 Å². The highest BCUT2D eigenvalue weighted by atomic mass is 79.9. The highest BCUT2D eigenvalue weighted by molar-refractivity contribution is 9.09. The molecule has 3 nitrogen and oxygen atoms in total. The zero-order valence-electron chi connectivity index (χ0n) is 6.57. The molecule has 0 aliphatic carbocycles. The molecule has 1 aromatic rings. The van der Waals surface area contributed by atoms with E-state index < -0.39 is 4.92 Å². The lowest BCUT2D eigenvalue weighted by Crippen LogP contribution is -1.98. The molecule has 0 aliphatic heterocycles. The highest BCUT2D eigenvalue weighted by Gasteiger charge is 2.07. The third-order valence-electron chi connectivity index (χ3n) is 1.50. The van der Waals surface area contributed by atoms with Gasteiger partial charge in [0.1, 0.15) is 0 Å². The van der Waals surface area contributed by atoms with Crippen LogP contribution in [-0.2, 0) is 0 Å². The summed E-state index contributed by atoms with van der Waals surface area (Å²) in [4.78, 5) is 10.7. The zero-order valence-corrected chi connectivity index (χ0v) is 8.97. The van der Waals surface area contributed by atoms with Gasteiger partial charge in [-0.05, 0) is 5.56 Å². The topological polar surface area (TPSA) is 43.1 Å². The fourth-order valence-corrected chi connectivity index (χ4v) is 1.32.